The summed E-state index contributed by atoms with van der Waals surface area (Å²) in [6.45, 7) is 0.234. The molecule has 2 amide bonds. The second-order valence-corrected chi connectivity index (χ2v) is 10.4. The van der Waals surface area contributed by atoms with E-state index in [0.717, 1.165) is 26.8 Å². The first-order valence-electron chi connectivity index (χ1n) is 13.7. The zero-order valence-corrected chi connectivity index (χ0v) is 23.9. The summed E-state index contributed by atoms with van der Waals surface area (Å²) in [5.41, 5.74) is -2.29. The molecule has 44 heavy (non-hydrogen) atoms. The van der Waals surface area contributed by atoms with E-state index in [0.29, 0.717) is 17.9 Å². The second kappa shape index (κ2) is 13.4. The number of carbonyl (C=O) groups is 2. The number of fused-ring (bicyclic) bond motifs is 1. The normalized spacial score (nSPS) is 12.5. The van der Waals surface area contributed by atoms with Gasteiger partial charge in [-0.15, -0.1) is 0 Å². The third-order valence-electron chi connectivity index (χ3n) is 7.34. The van der Waals surface area contributed by atoms with Crippen LogP contribution in [0.2, 0.25) is 0 Å². The summed E-state index contributed by atoms with van der Waals surface area (Å²) in [7, 11) is 2.85. The summed E-state index contributed by atoms with van der Waals surface area (Å²) < 4.78 is 86.0. The fraction of sp³-hybridized carbons (Fsp3) is 0.273. The molecular formula is C33H30F6N2O3. The third kappa shape index (κ3) is 8.30. The van der Waals surface area contributed by atoms with Gasteiger partial charge in [0.1, 0.15) is 5.75 Å². The molecular weight excluding hydrogens is 586 g/mol. The summed E-state index contributed by atoms with van der Waals surface area (Å²) in [5, 5.41) is 4.68. The van der Waals surface area contributed by atoms with Gasteiger partial charge in [-0.2, -0.15) is 26.3 Å². The molecule has 0 aliphatic carbocycles. The summed E-state index contributed by atoms with van der Waals surface area (Å²) in [5.74, 6) is -0.693. The molecule has 0 fully saturated rings. The monoisotopic (exact) mass is 616 g/mol. The lowest BCUT2D eigenvalue weighted by molar-refractivity contribution is -0.143. The number of likely N-dealkylation sites (N-methyl/N-ethyl adjacent to an activating group) is 1. The van der Waals surface area contributed by atoms with E-state index in [9.17, 15) is 35.9 Å². The molecule has 4 aromatic rings. The van der Waals surface area contributed by atoms with Crippen LogP contribution < -0.4 is 10.1 Å². The van der Waals surface area contributed by atoms with Crippen LogP contribution in [0.5, 0.6) is 5.75 Å². The van der Waals surface area contributed by atoms with Crippen molar-refractivity contribution in [3.05, 3.63) is 113 Å². The van der Waals surface area contributed by atoms with Crippen molar-refractivity contribution in [2.75, 3.05) is 14.2 Å². The van der Waals surface area contributed by atoms with Gasteiger partial charge in [-0.05, 0) is 65.1 Å². The first-order chi connectivity index (χ1) is 20.7. The van der Waals surface area contributed by atoms with Crippen LogP contribution in [-0.2, 0) is 30.1 Å². The molecule has 0 radical (unpaired) electrons. The molecule has 0 aliphatic heterocycles. The Morgan fingerprint density at radius 3 is 1.98 bits per heavy atom. The molecule has 4 rings (SSSR count). The molecule has 5 nitrogen and oxygen atoms in total. The molecule has 11 heteroatoms. The number of nitrogens with one attached hydrogen (secondary N) is 1. The molecule has 0 saturated heterocycles. The maximum Gasteiger partial charge on any atom is 0.416 e. The fourth-order valence-electron chi connectivity index (χ4n) is 4.85. The Morgan fingerprint density at radius 1 is 0.795 bits per heavy atom. The van der Waals surface area contributed by atoms with E-state index >= 15 is 0 Å². The minimum atomic E-state index is -5.10. The maximum atomic E-state index is 13.5. The number of carbonyl (C=O) groups excluding carboxylic acids is 2. The van der Waals surface area contributed by atoms with Gasteiger partial charge in [-0.1, -0.05) is 54.6 Å². The molecule has 1 unspecified atom stereocenters. The molecule has 1 N–H and O–H groups in total. The Hall–Kier alpha value is -4.54. The van der Waals surface area contributed by atoms with Crippen LogP contribution in [0.1, 0.15) is 45.5 Å². The molecule has 0 bridgehead atoms. The van der Waals surface area contributed by atoms with E-state index in [1.165, 1.54) is 14.2 Å². The van der Waals surface area contributed by atoms with Crippen LogP contribution in [0.4, 0.5) is 26.3 Å². The Bertz CT molecular complexity index is 1580. The number of alkyl halides is 6. The van der Waals surface area contributed by atoms with Crippen LogP contribution in [0.25, 0.3) is 10.8 Å². The van der Waals surface area contributed by atoms with Crippen molar-refractivity contribution in [1.29, 1.82) is 0 Å². The number of amides is 2. The number of rotatable bonds is 10. The highest BCUT2D eigenvalue weighted by atomic mass is 19.4. The van der Waals surface area contributed by atoms with Crippen molar-refractivity contribution < 1.29 is 40.7 Å². The summed E-state index contributed by atoms with van der Waals surface area (Å²) in [6, 6.07) is 20.4. The summed E-state index contributed by atoms with van der Waals surface area (Å²) in [4.78, 5) is 27.3. The highest BCUT2D eigenvalue weighted by molar-refractivity contribution is 5.95. The smallest absolute Gasteiger partial charge is 0.416 e. The van der Waals surface area contributed by atoms with Gasteiger partial charge >= 0.3 is 12.4 Å². The van der Waals surface area contributed by atoms with Gasteiger partial charge < -0.3 is 15.0 Å². The summed E-state index contributed by atoms with van der Waals surface area (Å²) >= 11 is 0. The molecule has 4 aromatic carbocycles. The largest absolute Gasteiger partial charge is 0.497 e. The number of benzene rings is 4. The highest BCUT2D eigenvalue weighted by Gasteiger charge is 2.38. The van der Waals surface area contributed by atoms with Gasteiger partial charge in [0.2, 0.25) is 5.91 Å². The van der Waals surface area contributed by atoms with Crippen LogP contribution >= 0.6 is 0 Å². The Labute approximate surface area is 250 Å². The van der Waals surface area contributed by atoms with Crippen molar-refractivity contribution in [1.82, 2.24) is 10.2 Å². The first kappa shape index (κ1) is 32.4. The van der Waals surface area contributed by atoms with Gasteiger partial charge in [0.25, 0.3) is 5.91 Å². The quantitative estimate of drug-likeness (QED) is 0.186. The molecule has 0 aliphatic rings. The van der Waals surface area contributed by atoms with Crippen LogP contribution in [-0.4, -0.2) is 36.9 Å². The number of nitrogens with zero attached hydrogens (tertiary/aromatic N) is 1. The lowest BCUT2D eigenvalue weighted by Gasteiger charge is -2.29. The fourth-order valence-corrected chi connectivity index (χ4v) is 4.85. The van der Waals surface area contributed by atoms with E-state index in [1.54, 1.807) is 24.3 Å². The number of hydrogen-bond donors (Lipinski definition) is 1. The van der Waals surface area contributed by atoms with E-state index in [4.69, 9.17) is 4.74 Å². The zero-order valence-electron chi connectivity index (χ0n) is 23.9. The SMILES string of the molecule is COc1ccc(CNC(=O)CCC(Cc2ccc3ccccc3c2)N(C)C(=O)c2cc(C(F)(F)F)cc(C(F)(F)F)c2)cc1. The first-order valence-corrected chi connectivity index (χ1v) is 13.7. The van der Waals surface area contributed by atoms with Gasteiger partial charge in [-0.25, -0.2) is 0 Å². The van der Waals surface area contributed by atoms with Crippen molar-refractivity contribution >= 4 is 22.6 Å². The lowest BCUT2D eigenvalue weighted by Crippen LogP contribution is -2.39. The topological polar surface area (TPSA) is 58.6 Å². The minimum absolute atomic E-state index is 0.0174. The molecule has 0 aromatic heterocycles. The number of hydrogen-bond acceptors (Lipinski definition) is 3. The summed E-state index contributed by atoms with van der Waals surface area (Å²) in [6.07, 6.45) is -9.91. The Morgan fingerprint density at radius 2 is 1.39 bits per heavy atom. The molecule has 0 heterocycles. The number of methoxy groups -OCH3 is 1. The third-order valence-corrected chi connectivity index (χ3v) is 7.34. The predicted octanol–water partition coefficient (Wildman–Crippen LogP) is 7.67. The molecule has 1 atom stereocenters. The van der Waals surface area contributed by atoms with Crippen LogP contribution in [0.15, 0.2) is 84.9 Å². The number of ether oxygens (including phenoxy) is 1. The van der Waals surface area contributed by atoms with Gasteiger partial charge in [-0.3, -0.25) is 9.59 Å². The van der Waals surface area contributed by atoms with Crippen LogP contribution in [0.3, 0.4) is 0 Å². The van der Waals surface area contributed by atoms with Crippen molar-refractivity contribution in [2.45, 2.75) is 44.2 Å². The van der Waals surface area contributed by atoms with Crippen molar-refractivity contribution in [3.8, 4) is 5.75 Å². The van der Waals surface area contributed by atoms with Crippen LogP contribution in [0, 0.1) is 0 Å². The molecule has 0 spiro atoms. The van der Waals surface area contributed by atoms with Gasteiger partial charge in [0.05, 0.1) is 18.2 Å². The standard InChI is InChI=1S/C33H30F6N2O3/c1-41(31(43)25-17-26(32(34,35)36)19-27(18-25)33(37,38)39)28(16-22-7-10-23-5-3-4-6-24(23)15-22)11-14-30(42)40-20-21-8-12-29(44-2)13-9-21/h3-10,12-13,15,17-19,28H,11,14,16,20H2,1-2H3,(H,40,42). The minimum Gasteiger partial charge on any atom is -0.497 e. The number of halogens is 6. The zero-order chi connectivity index (χ0) is 32.1. The Kier molecular flexibility index (Phi) is 9.86. The van der Waals surface area contributed by atoms with Crippen molar-refractivity contribution in [3.63, 3.8) is 0 Å². The predicted molar refractivity (Wildman–Crippen MR) is 154 cm³/mol. The van der Waals surface area contributed by atoms with E-state index in [-0.39, 0.29) is 37.8 Å². The molecule has 232 valence electrons. The van der Waals surface area contributed by atoms with Gasteiger partial charge in [0, 0.05) is 31.6 Å². The highest BCUT2D eigenvalue weighted by Crippen LogP contribution is 2.36. The van der Waals surface area contributed by atoms with Gasteiger partial charge in [0.15, 0.2) is 0 Å². The Balaban J connectivity index is 1.57. The average Bonchev–Trinajstić information content (AvgIpc) is 3.00. The van der Waals surface area contributed by atoms with E-state index < -0.39 is 41.0 Å². The molecule has 0 saturated carbocycles. The van der Waals surface area contributed by atoms with E-state index in [2.05, 4.69) is 5.32 Å². The second-order valence-electron chi connectivity index (χ2n) is 10.4. The maximum absolute atomic E-state index is 13.5. The van der Waals surface area contributed by atoms with Crippen molar-refractivity contribution in [2.24, 2.45) is 0 Å². The van der Waals surface area contributed by atoms with E-state index in [1.807, 2.05) is 42.5 Å². The average molecular weight is 617 g/mol. The lowest BCUT2D eigenvalue weighted by atomic mass is 9.97.